The summed E-state index contributed by atoms with van der Waals surface area (Å²) in [6.45, 7) is 5.68. The molecule has 40 heavy (non-hydrogen) atoms. The Balaban J connectivity index is 1.24. The minimum absolute atomic E-state index is 0.0469. The lowest BCUT2D eigenvalue weighted by Crippen LogP contribution is -2.51. The number of halogens is 2. The largest absolute Gasteiger partial charge is 0.387 e. The number of anilines is 2. The number of rotatable bonds is 8. The van der Waals surface area contributed by atoms with Crippen molar-refractivity contribution in [1.82, 2.24) is 14.9 Å². The minimum atomic E-state index is -0.628. The molecule has 2 fully saturated rings. The Morgan fingerprint density at radius 2 is 1.88 bits per heavy atom. The van der Waals surface area contributed by atoms with Gasteiger partial charge in [-0.2, -0.15) is 0 Å². The van der Waals surface area contributed by atoms with Gasteiger partial charge in [0, 0.05) is 60.6 Å². The van der Waals surface area contributed by atoms with Crippen molar-refractivity contribution in [3.05, 3.63) is 82.0 Å². The highest BCUT2D eigenvalue weighted by molar-refractivity contribution is 9.10. The molecule has 0 bridgehead atoms. The second-order valence-electron chi connectivity index (χ2n) is 11.4. The van der Waals surface area contributed by atoms with Gasteiger partial charge in [-0.3, -0.25) is 4.79 Å². The molecule has 1 aliphatic heterocycles. The number of hydrogen-bond acceptors (Lipinski definition) is 6. The molecule has 1 N–H and O–H groups in total. The summed E-state index contributed by atoms with van der Waals surface area (Å²) in [5.41, 5.74) is 3.23. The van der Waals surface area contributed by atoms with Gasteiger partial charge in [-0.1, -0.05) is 47.1 Å². The molecular weight excluding hydrogens is 573 g/mol. The zero-order chi connectivity index (χ0) is 27.8. The molecule has 1 amide bonds. The minimum Gasteiger partial charge on any atom is -0.387 e. The maximum atomic E-state index is 15.4. The predicted octanol–water partition coefficient (Wildman–Crippen LogP) is 5.27. The third-order valence-electron chi connectivity index (χ3n) is 8.51. The van der Waals surface area contributed by atoms with Crippen LogP contribution < -0.4 is 9.80 Å². The third-order valence-corrected chi connectivity index (χ3v) is 9.00. The molecule has 2 heterocycles. The molecule has 2 aliphatic carbocycles. The summed E-state index contributed by atoms with van der Waals surface area (Å²) in [6.07, 6.45) is 4.01. The first-order valence-corrected chi connectivity index (χ1v) is 15.0. The fourth-order valence-electron chi connectivity index (χ4n) is 6.16. The highest BCUT2D eigenvalue weighted by Crippen LogP contribution is 2.43. The van der Waals surface area contributed by atoms with Crippen LogP contribution in [0.25, 0.3) is 0 Å². The van der Waals surface area contributed by atoms with E-state index in [0.29, 0.717) is 55.1 Å². The molecule has 9 heteroatoms. The standard InChI is InChI=1S/C31H35BrFN5O2/c1-20-15-27(39)29-28(20)30(35-19-34-29)36-11-13-37(14-12-36)31(40)25(24-10-9-22(32)16-26(24)33)18-38(17-21-7-8-21)23-5-3-2-4-6-23/h2-6,9-10,16,19-21,25,27,39H,7-8,11-15,17-18H2,1H3/t20-,25?,27+/m1/s1. The van der Waals surface area contributed by atoms with Crippen LogP contribution in [-0.2, 0) is 4.79 Å². The van der Waals surface area contributed by atoms with Crippen molar-refractivity contribution < 1.29 is 14.3 Å². The van der Waals surface area contributed by atoms with Gasteiger partial charge >= 0.3 is 0 Å². The average molecular weight is 609 g/mol. The first-order chi connectivity index (χ1) is 19.4. The second-order valence-corrected chi connectivity index (χ2v) is 12.3. The van der Waals surface area contributed by atoms with E-state index in [1.165, 1.54) is 25.2 Å². The van der Waals surface area contributed by atoms with E-state index in [9.17, 15) is 9.90 Å². The highest BCUT2D eigenvalue weighted by atomic mass is 79.9. The van der Waals surface area contributed by atoms with Gasteiger partial charge in [0.25, 0.3) is 0 Å². The molecule has 1 unspecified atom stereocenters. The molecule has 2 aromatic carbocycles. The molecule has 1 aromatic heterocycles. The third kappa shape index (κ3) is 5.59. The Morgan fingerprint density at radius 1 is 1.12 bits per heavy atom. The number of aliphatic hydroxyl groups excluding tert-OH is 1. The Hall–Kier alpha value is -3.04. The summed E-state index contributed by atoms with van der Waals surface area (Å²) >= 11 is 3.37. The first-order valence-electron chi connectivity index (χ1n) is 14.2. The number of aliphatic hydroxyl groups is 1. The summed E-state index contributed by atoms with van der Waals surface area (Å²) in [5.74, 6) is 0.614. The number of aromatic nitrogens is 2. The maximum Gasteiger partial charge on any atom is 0.232 e. The number of benzene rings is 2. The van der Waals surface area contributed by atoms with Crippen LogP contribution >= 0.6 is 15.9 Å². The first kappa shape index (κ1) is 27.1. The molecule has 3 aliphatic rings. The molecule has 0 radical (unpaired) electrons. The quantitative estimate of drug-likeness (QED) is 0.376. The van der Waals surface area contributed by atoms with E-state index in [0.717, 1.165) is 29.3 Å². The summed E-state index contributed by atoms with van der Waals surface area (Å²) in [6, 6.07) is 15.2. The van der Waals surface area contributed by atoms with Gasteiger partial charge < -0.3 is 19.8 Å². The van der Waals surface area contributed by atoms with Crippen molar-refractivity contribution in [1.29, 1.82) is 0 Å². The molecule has 210 valence electrons. The Bertz CT molecular complexity index is 1360. The topological polar surface area (TPSA) is 72.8 Å². The predicted molar refractivity (Wildman–Crippen MR) is 157 cm³/mol. The number of carbonyl (C=O) groups excluding carboxylic acids is 1. The van der Waals surface area contributed by atoms with Gasteiger partial charge in [0.05, 0.1) is 17.7 Å². The number of fused-ring (bicyclic) bond motifs is 1. The molecule has 7 nitrogen and oxygen atoms in total. The lowest BCUT2D eigenvalue weighted by atomic mass is 9.95. The molecule has 0 spiro atoms. The summed E-state index contributed by atoms with van der Waals surface area (Å²) in [4.78, 5) is 29.4. The van der Waals surface area contributed by atoms with Crippen LogP contribution in [-0.4, -0.2) is 65.2 Å². The zero-order valence-electron chi connectivity index (χ0n) is 22.7. The SMILES string of the molecule is C[C@@H]1C[C@H](O)c2ncnc(N3CCN(C(=O)C(CN(CC4CC4)c4ccccc4)c4ccc(Br)cc4F)CC3)c21. The Morgan fingerprint density at radius 3 is 2.58 bits per heavy atom. The van der Waals surface area contributed by atoms with Crippen LogP contribution in [0.15, 0.2) is 59.3 Å². The highest BCUT2D eigenvalue weighted by Gasteiger charge is 2.36. The monoisotopic (exact) mass is 607 g/mol. The number of carbonyl (C=O) groups is 1. The van der Waals surface area contributed by atoms with Gasteiger partial charge in [-0.15, -0.1) is 0 Å². The fraction of sp³-hybridized carbons (Fsp3) is 0.452. The summed E-state index contributed by atoms with van der Waals surface area (Å²) in [7, 11) is 0. The maximum absolute atomic E-state index is 15.4. The van der Waals surface area contributed by atoms with Gasteiger partial charge in [0.1, 0.15) is 18.0 Å². The van der Waals surface area contributed by atoms with E-state index in [2.05, 4.69) is 54.8 Å². The van der Waals surface area contributed by atoms with E-state index in [1.807, 2.05) is 29.2 Å². The lowest BCUT2D eigenvalue weighted by molar-refractivity contribution is -0.133. The lowest BCUT2D eigenvalue weighted by Gasteiger charge is -2.39. The van der Waals surface area contributed by atoms with Crippen LogP contribution in [0, 0.1) is 11.7 Å². The Kier molecular flexibility index (Phi) is 7.77. The number of piperazine rings is 1. The van der Waals surface area contributed by atoms with Crippen LogP contribution in [0.3, 0.4) is 0 Å². The number of amides is 1. The van der Waals surface area contributed by atoms with E-state index < -0.39 is 12.0 Å². The second kappa shape index (κ2) is 11.4. The van der Waals surface area contributed by atoms with Crippen molar-refractivity contribution >= 4 is 33.3 Å². The van der Waals surface area contributed by atoms with E-state index in [1.54, 1.807) is 6.07 Å². The summed E-state index contributed by atoms with van der Waals surface area (Å²) in [5, 5.41) is 10.4. The van der Waals surface area contributed by atoms with Crippen molar-refractivity contribution in [2.45, 2.75) is 44.1 Å². The number of hydrogen-bond donors (Lipinski definition) is 1. The number of para-hydroxylation sites is 1. The fourth-order valence-corrected chi connectivity index (χ4v) is 6.50. The van der Waals surface area contributed by atoms with Crippen LogP contribution in [0.5, 0.6) is 0 Å². The smallest absolute Gasteiger partial charge is 0.232 e. The van der Waals surface area contributed by atoms with Gasteiger partial charge in [-0.05, 0) is 55.4 Å². The Labute approximate surface area is 243 Å². The molecule has 3 aromatic rings. The molecular formula is C31H35BrFN5O2. The van der Waals surface area contributed by atoms with E-state index in [4.69, 9.17) is 0 Å². The molecule has 3 atom stereocenters. The van der Waals surface area contributed by atoms with E-state index >= 15 is 4.39 Å². The molecule has 1 saturated carbocycles. The van der Waals surface area contributed by atoms with Gasteiger partial charge in [-0.25, -0.2) is 14.4 Å². The van der Waals surface area contributed by atoms with Crippen molar-refractivity contribution in [3.63, 3.8) is 0 Å². The molecule has 6 rings (SSSR count). The van der Waals surface area contributed by atoms with Gasteiger partial charge in [0.2, 0.25) is 5.91 Å². The van der Waals surface area contributed by atoms with Crippen molar-refractivity contribution in [2.75, 3.05) is 49.1 Å². The van der Waals surface area contributed by atoms with E-state index in [-0.39, 0.29) is 17.6 Å². The molecule has 1 saturated heterocycles. The average Bonchev–Trinajstić information content (AvgIpc) is 3.74. The van der Waals surface area contributed by atoms with Crippen LogP contribution in [0.1, 0.15) is 60.9 Å². The number of nitrogens with zero attached hydrogens (tertiary/aromatic N) is 5. The normalized spacial score (nSPS) is 21.3. The summed E-state index contributed by atoms with van der Waals surface area (Å²) < 4.78 is 16.0. The zero-order valence-corrected chi connectivity index (χ0v) is 24.3. The van der Waals surface area contributed by atoms with Crippen molar-refractivity contribution in [2.24, 2.45) is 5.92 Å². The van der Waals surface area contributed by atoms with Crippen LogP contribution in [0.2, 0.25) is 0 Å². The van der Waals surface area contributed by atoms with Crippen molar-refractivity contribution in [3.8, 4) is 0 Å². The van der Waals surface area contributed by atoms with Crippen LogP contribution in [0.4, 0.5) is 15.9 Å². The van der Waals surface area contributed by atoms with Gasteiger partial charge in [0.15, 0.2) is 0 Å².